The molecule has 0 atom stereocenters. The van der Waals surface area contributed by atoms with Crippen LogP contribution in [-0.4, -0.2) is 42.8 Å². The Hall–Kier alpha value is -1.77. The van der Waals surface area contributed by atoms with Crippen molar-refractivity contribution in [2.75, 3.05) is 20.2 Å². The third-order valence-corrected chi connectivity index (χ3v) is 2.67. The van der Waals surface area contributed by atoms with E-state index in [2.05, 4.69) is 4.74 Å². The number of nitrogens with zero attached hydrogens (tertiary/aromatic N) is 2. The first-order valence-corrected chi connectivity index (χ1v) is 5.67. The standard InChI is InChI=1S/C12H18N2O4/c1-11(2,3)18-10(16)14-7-12(8-14,5-6-13)9(15)17-4/h5,7-8H2,1-4H3. The molecule has 100 valence electrons. The fourth-order valence-electron chi connectivity index (χ4n) is 1.82. The summed E-state index contributed by atoms with van der Waals surface area (Å²) < 4.78 is 9.85. The van der Waals surface area contributed by atoms with Crippen LogP contribution < -0.4 is 0 Å². The van der Waals surface area contributed by atoms with Crippen molar-refractivity contribution in [2.45, 2.75) is 32.8 Å². The van der Waals surface area contributed by atoms with Crippen molar-refractivity contribution in [3.8, 4) is 6.07 Å². The van der Waals surface area contributed by atoms with Gasteiger partial charge in [-0.1, -0.05) is 0 Å². The SMILES string of the molecule is COC(=O)C1(CC#N)CN(C(=O)OC(C)(C)C)C1. The maximum absolute atomic E-state index is 11.7. The second kappa shape index (κ2) is 4.84. The van der Waals surface area contributed by atoms with E-state index in [-0.39, 0.29) is 19.5 Å². The average Bonchev–Trinajstić information content (AvgIpc) is 2.18. The van der Waals surface area contributed by atoms with Crippen LogP contribution in [-0.2, 0) is 14.3 Å². The zero-order valence-corrected chi connectivity index (χ0v) is 11.1. The molecule has 18 heavy (non-hydrogen) atoms. The molecule has 1 aliphatic heterocycles. The molecule has 1 amide bonds. The van der Waals surface area contributed by atoms with E-state index in [1.165, 1.54) is 12.0 Å². The second-order valence-electron chi connectivity index (χ2n) is 5.44. The smallest absolute Gasteiger partial charge is 0.410 e. The summed E-state index contributed by atoms with van der Waals surface area (Å²) in [5.41, 5.74) is -1.46. The Labute approximate surface area is 106 Å². The molecule has 6 heteroatoms. The van der Waals surface area contributed by atoms with Crippen LogP contribution in [0.4, 0.5) is 4.79 Å². The van der Waals surface area contributed by atoms with Gasteiger partial charge in [0.05, 0.1) is 19.6 Å². The van der Waals surface area contributed by atoms with Crippen LogP contribution in [0.1, 0.15) is 27.2 Å². The molecule has 0 aromatic rings. The number of esters is 1. The largest absolute Gasteiger partial charge is 0.468 e. The van der Waals surface area contributed by atoms with Crippen LogP contribution in [0.15, 0.2) is 0 Å². The van der Waals surface area contributed by atoms with E-state index in [0.717, 1.165) is 0 Å². The Morgan fingerprint density at radius 1 is 1.39 bits per heavy atom. The van der Waals surface area contributed by atoms with Crippen molar-refractivity contribution < 1.29 is 19.1 Å². The zero-order valence-electron chi connectivity index (χ0n) is 11.1. The molecular formula is C12H18N2O4. The van der Waals surface area contributed by atoms with Crippen LogP contribution in [0, 0.1) is 16.7 Å². The van der Waals surface area contributed by atoms with Gasteiger partial charge >= 0.3 is 12.1 Å². The monoisotopic (exact) mass is 254 g/mol. The number of nitriles is 1. The minimum absolute atomic E-state index is 0.0406. The fourth-order valence-corrected chi connectivity index (χ4v) is 1.82. The van der Waals surface area contributed by atoms with E-state index in [9.17, 15) is 9.59 Å². The predicted molar refractivity (Wildman–Crippen MR) is 62.5 cm³/mol. The number of carbonyl (C=O) groups is 2. The normalized spacial score (nSPS) is 17.4. The number of likely N-dealkylation sites (tertiary alicyclic amines) is 1. The lowest BCUT2D eigenvalue weighted by atomic mass is 9.77. The number of hydrogen-bond donors (Lipinski definition) is 0. The summed E-state index contributed by atoms with van der Waals surface area (Å²) in [5.74, 6) is -0.455. The number of ether oxygens (including phenoxy) is 2. The van der Waals surface area contributed by atoms with E-state index < -0.39 is 23.1 Å². The highest BCUT2D eigenvalue weighted by Gasteiger charge is 2.53. The molecule has 1 saturated heterocycles. The van der Waals surface area contributed by atoms with Gasteiger partial charge in [0.15, 0.2) is 0 Å². The lowest BCUT2D eigenvalue weighted by Gasteiger charge is -2.46. The van der Waals surface area contributed by atoms with Crippen LogP contribution in [0.2, 0.25) is 0 Å². The molecule has 0 saturated carbocycles. The minimum atomic E-state index is -0.888. The van der Waals surface area contributed by atoms with Gasteiger partial charge in [-0.25, -0.2) is 4.79 Å². The molecule has 6 nitrogen and oxygen atoms in total. The van der Waals surface area contributed by atoms with Gasteiger partial charge < -0.3 is 14.4 Å². The van der Waals surface area contributed by atoms with Gasteiger partial charge in [0, 0.05) is 13.1 Å². The number of rotatable bonds is 2. The maximum atomic E-state index is 11.7. The summed E-state index contributed by atoms with van der Waals surface area (Å²) in [6.45, 7) is 5.65. The summed E-state index contributed by atoms with van der Waals surface area (Å²) in [7, 11) is 1.28. The van der Waals surface area contributed by atoms with Gasteiger partial charge in [0.2, 0.25) is 0 Å². The number of hydrogen-bond acceptors (Lipinski definition) is 5. The molecule has 0 N–H and O–H groups in total. The van der Waals surface area contributed by atoms with Crippen molar-refractivity contribution in [2.24, 2.45) is 5.41 Å². The van der Waals surface area contributed by atoms with Crippen LogP contribution >= 0.6 is 0 Å². The molecule has 1 rings (SSSR count). The second-order valence-corrected chi connectivity index (χ2v) is 5.44. The highest BCUT2D eigenvalue weighted by atomic mass is 16.6. The third-order valence-electron chi connectivity index (χ3n) is 2.67. The van der Waals surface area contributed by atoms with Gasteiger partial charge in [-0.15, -0.1) is 0 Å². The molecule has 0 aromatic carbocycles. The highest BCUT2D eigenvalue weighted by molar-refractivity contribution is 5.82. The van der Waals surface area contributed by atoms with E-state index in [1.54, 1.807) is 20.8 Å². The highest BCUT2D eigenvalue weighted by Crippen LogP contribution is 2.35. The number of carbonyl (C=O) groups excluding carboxylic acids is 2. The van der Waals surface area contributed by atoms with Crippen molar-refractivity contribution in [1.29, 1.82) is 5.26 Å². The topological polar surface area (TPSA) is 79.6 Å². The van der Waals surface area contributed by atoms with Gasteiger partial charge in [-0.05, 0) is 20.8 Å². The minimum Gasteiger partial charge on any atom is -0.468 e. The molecule has 0 radical (unpaired) electrons. The van der Waals surface area contributed by atoms with Crippen molar-refractivity contribution in [3.05, 3.63) is 0 Å². The first-order valence-electron chi connectivity index (χ1n) is 5.67. The molecule has 1 fully saturated rings. The fraction of sp³-hybridized carbons (Fsp3) is 0.750. The molecule has 1 heterocycles. The first kappa shape index (κ1) is 14.3. The molecule has 0 bridgehead atoms. The summed E-state index contributed by atoms with van der Waals surface area (Å²) in [6, 6.07) is 1.95. The third kappa shape index (κ3) is 2.92. The van der Waals surface area contributed by atoms with Gasteiger partial charge in [0.1, 0.15) is 11.0 Å². The summed E-state index contributed by atoms with van der Waals surface area (Å²) in [5, 5.41) is 8.73. The molecule has 0 aromatic heterocycles. The summed E-state index contributed by atoms with van der Waals surface area (Å²) in [4.78, 5) is 24.7. The van der Waals surface area contributed by atoms with Crippen LogP contribution in [0.3, 0.4) is 0 Å². The van der Waals surface area contributed by atoms with E-state index in [4.69, 9.17) is 10.00 Å². The van der Waals surface area contributed by atoms with Gasteiger partial charge in [0.25, 0.3) is 0 Å². The summed E-state index contributed by atoms with van der Waals surface area (Å²) in [6.07, 6.45) is -0.432. The quantitative estimate of drug-likeness (QED) is 0.694. The Morgan fingerprint density at radius 2 is 1.94 bits per heavy atom. The van der Waals surface area contributed by atoms with Gasteiger partial charge in [-0.2, -0.15) is 5.26 Å². The maximum Gasteiger partial charge on any atom is 0.410 e. The lowest BCUT2D eigenvalue weighted by molar-refractivity contribution is -0.162. The number of methoxy groups -OCH3 is 1. The van der Waals surface area contributed by atoms with E-state index in [1.807, 2.05) is 6.07 Å². The molecule has 0 spiro atoms. The predicted octanol–water partition coefficient (Wildman–Crippen LogP) is 1.31. The Balaban J connectivity index is 2.62. The zero-order chi connectivity index (χ0) is 14.0. The van der Waals surface area contributed by atoms with Crippen LogP contribution in [0.25, 0.3) is 0 Å². The lowest BCUT2D eigenvalue weighted by Crippen LogP contribution is -2.62. The van der Waals surface area contributed by atoms with Crippen molar-refractivity contribution in [1.82, 2.24) is 4.90 Å². The van der Waals surface area contributed by atoms with Crippen molar-refractivity contribution >= 4 is 12.1 Å². The Bertz CT molecular complexity index is 386. The van der Waals surface area contributed by atoms with E-state index >= 15 is 0 Å². The molecule has 0 unspecified atom stereocenters. The Morgan fingerprint density at radius 3 is 2.33 bits per heavy atom. The molecule has 0 aliphatic carbocycles. The molecular weight excluding hydrogens is 236 g/mol. The van der Waals surface area contributed by atoms with Crippen LogP contribution in [0.5, 0.6) is 0 Å². The number of amides is 1. The first-order chi connectivity index (χ1) is 8.24. The average molecular weight is 254 g/mol. The molecule has 1 aliphatic rings. The summed E-state index contributed by atoms with van der Waals surface area (Å²) >= 11 is 0. The van der Waals surface area contributed by atoms with Gasteiger partial charge in [-0.3, -0.25) is 4.79 Å². The van der Waals surface area contributed by atoms with Crippen molar-refractivity contribution in [3.63, 3.8) is 0 Å². The Kier molecular flexibility index (Phi) is 3.85. The van der Waals surface area contributed by atoms with E-state index in [0.29, 0.717) is 0 Å².